The second-order valence-corrected chi connectivity index (χ2v) is 11.3. The molecule has 2 aliphatic rings. The van der Waals surface area contributed by atoms with Gasteiger partial charge in [-0.15, -0.1) is 11.3 Å². The molecular weight excluding hydrogens is 464 g/mol. The lowest BCUT2D eigenvalue weighted by Crippen LogP contribution is -2.53. The van der Waals surface area contributed by atoms with Gasteiger partial charge in [0.1, 0.15) is 5.69 Å². The van der Waals surface area contributed by atoms with Crippen LogP contribution in [0.15, 0.2) is 18.6 Å². The van der Waals surface area contributed by atoms with Crippen molar-refractivity contribution in [1.29, 1.82) is 5.26 Å². The first-order valence-corrected chi connectivity index (χ1v) is 12.8. The molecule has 0 bridgehead atoms. The molecule has 1 fully saturated rings. The Balaban J connectivity index is 1.52. The number of carbonyl (C=O) groups excluding carboxylic acids is 2. The molecule has 1 unspecified atom stereocenters. The normalized spacial score (nSPS) is 28.2. The quantitative estimate of drug-likeness (QED) is 0.627. The number of nitriles is 1. The summed E-state index contributed by atoms with van der Waals surface area (Å²) in [6, 6.07) is 2.08. The number of hydrogen-bond donors (Lipinski definition) is 2. The molecule has 35 heavy (non-hydrogen) atoms. The minimum absolute atomic E-state index is 0.0152. The molecule has 0 spiro atoms. The zero-order valence-electron chi connectivity index (χ0n) is 20.6. The third kappa shape index (κ3) is 4.80. The van der Waals surface area contributed by atoms with Crippen LogP contribution in [0.5, 0.6) is 0 Å². The van der Waals surface area contributed by atoms with E-state index < -0.39 is 6.10 Å². The lowest BCUT2D eigenvalue weighted by atomic mass is 9.53. The Kier molecular flexibility index (Phi) is 7.20. The number of nitrogens with one attached hydrogen (secondary N) is 1. The fraction of sp³-hybridized carbons (Fsp3) is 0.600. The summed E-state index contributed by atoms with van der Waals surface area (Å²) in [4.78, 5) is 41.0. The fourth-order valence-corrected chi connectivity index (χ4v) is 7.30. The average Bonchev–Trinajstić information content (AvgIpc) is 3.24. The third-order valence-corrected chi connectivity index (χ3v) is 8.89. The highest BCUT2D eigenvalue weighted by Gasteiger charge is 2.54. The van der Waals surface area contributed by atoms with E-state index in [9.17, 15) is 14.7 Å². The molecular formula is C25H32N6O3S. The van der Waals surface area contributed by atoms with Crippen LogP contribution in [-0.2, 0) is 11.2 Å². The maximum absolute atomic E-state index is 13.0. The van der Waals surface area contributed by atoms with Crippen LogP contribution in [0.1, 0.15) is 67.0 Å². The van der Waals surface area contributed by atoms with Gasteiger partial charge in [0, 0.05) is 42.7 Å². The van der Waals surface area contributed by atoms with Crippen molar-refractivity contribution in [3.63, 3.8) is 0 Å². The van der Waals surface area contributed by atoms with E-state index in [1.165, 1.54) is 29.9 Å². The number of aliphatic hydroxyl groups excluding tert-OH is 1. The van der Waals surface area contributed by atoms with E-state index >= 15 is 0 Å². The summed E-state index contributed by atoms with van der Waals surface area (Å²) in [5, 5.41) is 23.8. The number of anilines is 1. The highest BCUT2D eigenvalue weighted by Crippen LogP contribution is 2.57. The summed E-state index contributed by atoms with van der Waals surface area (Å²) >= 11 is 1.48. The zero-order valence-corrected chi connectivity index (χ0v) is 21.4. The van der Waals surface area contributed by atoms with Crippen LogP contribution in [0.2, 0.25) is 0 Å². The highest BCUT2D eigenvalue weighted by atomic mass is 32.1. The topological polar surface area (TPSA) is 132 Å². The van der Waals surface area contributed by atoms with Gasteiger partial charge in [0.25, 0.3) is 5.91 Å². The van der Waals surface area contributed by atoms with Gasteiger partial charge in [-0.3, -0.25) is 19.9 Å². The number of rotatable bonds is 6. The van der Waals surface area contributed by atoms with Crippen LogP contribution >= 0.6 is 11.3 Å². The number of fused-ring (bicyclic) bond motifs is 2. The highest BCUT2D eigenvalue weighted by molar-refractivity contribution is 7.15. The molecule has 186 valence electrons. The summed E-state index contributed by atoms with van der Waals surface area (Å²) < 4.78 is 0. The van der Waals surface area contributed by atoms with Gasteiger partial charge in [0.05, 0.1) is 30.5 Å². The third-order valence-electron chi connectivity index (χ3n) is 7.91. The van der Waals surface area contributed by atoms with Gasteiger partial charge in [-0.05, 0) is 36.5 Å². The lowest BCUT2D eigenvalue weighted by Gasteiger charge is -2.53. The maximum atomic E-state index is 13.0. The summed E-state index contributed by atoms with van der Waals surface area (Å²) in [5.74, 6) is -0.918. The van der Waals surface area contributed by atoms with Crippen molar-refractivity contribution in [3.8, 4) is 6.07 Å². The summed E-state index contributed by atoms with van der Waals surface area (Å²) in [5.41, 5.74) is 1.03. The summed E-state index contributed by atoms with van der Waals surface area (Å²) in [6.45, 7) is 6.60. The Bertz CT molecular complexity index is 1130. The molecule has 6 atom stereocenters. The molecule has 0 radical (unpaired) electrons. The van der Waals surface area contributed by atoms with E-state index in [0.717, 1.165) is 29.8 Å². The second-order valence-electron chi connectivity index (χ2n) is 10.2. The molecule has 2 aliphatic carbocycles. The predicted molar refractivity (Wildman–Crippen MR) is 132 cm³/mol. The van der Waals surface area contributed by atoms with Crippen molar-refractivity contribution < 1.29 is 14.7 Å². The van der Waals surface area contributed by atoms with Gasteiger partial charge >= 0.3 is 0 Å². The fourth-order valence-electron chi connectivity index (χ4n) is 6.04. The number of aromatic nitrogens is 3. The number of hydrogen-bond acceptors (Lipinski definition) is 8. The molecule has 2 heterocycles. The minimum Gasteiger partial charge on any atom is -0.392 e. The smallest absolute Gasteiger partial charge is 0.277 e. The Morgan fingerprint density at radius 2 is 2.20 bits per heavy atom. The van der Waals surface area contributed by atoms with Crippen molar-refractivity contribution in [2.75, 3.05) is 18.9 Å². The molecule has 2 N–H and O–H groups in total. The Morgan fingerprint density at radius 1 is 1.43 bits per heavy atom. The Morgan fingerprint density at radius 3 is 2.89 bits per heavy atom. The van der Waals surface area contributed by atoms with Crippen LogP contribution in [0, 0.1) is 34.5 Å². The van der Waals surface area contributed by atoms with Crippen LogP contribution in [0.25, 0.3) is 0 Å². The van der Waals surface area contributed by atoms with Crippen molar-refractivity contribution >= 4 is 28.3 Å². The molecule has 10 heteroatoms. The minimum atomic E-state index is -0.639. The number of amides is 2. The zero-order chi connectivity index (χ0) is 25.3. The first-order chi connectivity index (χ1) is 16.7. The molecule has 9 nitrogen and oxygen atoms in total. The van der Waals surface area contributed by atoms with E-state index in [-0.39, 0.29) is 46.6 Å². The van der Waals surface area contributed by atoms with Gasteiger partial charge in [0.15, 0.2) is 5.13 Å². The molecule has 0 saturated heterocycles. The maximum Gasteiger partial charge on any atom is 0.277 e. The SMILES string of the molecule is C[C@H](C(=O)N(C)CCC#N)C1CC[C@@]2(C)Cc3sc(NC(=O)c4cnccn4)nc3[C@@H](C)[C@@H]2[C@H]1O. The van der Waals surface area contributed by atoms with E-state index in [1.807, 2.05) is 6.92 Å². The van der Waals surface area contributed by atoms with Crippen LogP contribution < -0.4 is 5.32 Å². The van der Waals surface area contributed by atoms with Crippen LogP contribution in [-0.4, -0.2) is 56.5 Å². The largest absolute Gasteiger partial charge is 0.392 e. The van der Waals surface area contributed by atoms with Gasteiger partial charge in [-0.25, -0.2) is 9.97 Å². The van der Waals surface area contributed by atoms with Gasteiger partial charge in [-0.2, -0.15) is 5.26 Å². The molecule has 2 aromatic rings. The molecule has 0 aromatic carbocycles. The monoisotopic (exact) mass is 496 g/mol. The standard InChI is InChI=1S/C25H32N6O3S/c1-14(23(34)31(4)11-5-8-26)16-6-7-25(3)12-18-20(15(2)19(25)21(16)32)29-24(35-18)30-22(33)17-13-27-9-10-28-17/h9-10,13-16,19,21,32H,5-7,11-12H2,1-4H3,(H,29,30,33)/t14-,15-,16?,19+,21-,25-/m0/s1. The van der Waals surface area contributed by atoms with Crippen molar-refractivity contribution in [2.24, 2.45) is 23.2 Å². The molecule has 4 rings (SSSR count). The molecule has 0 aliphatic heterocycles. The van der Waals surface area contributed by atoms with Crippen molar-refractivity contribution in [1.82, 2.24) is 19.9 Å². The van der Waals surface area contributed by atoms with Gasteiger partial charge in [-0.1, -0.05) is 20.8 Å². The van der Waals surface area contributed by atoms with E-state index in [0.29, 0.717) is 18.1 Å². The van der Waals surface area contributed by atoms with Crippen molar-refractivity contribution in [3.05, 3.63) is 34.9 Å². The lowest BCUT2D eigenvalue weighted by molar-refractivity contribution is -0.143. The first kappa shape index (κ1) is 25.2. The van der Waals surface area contributed by atoms with E-state index in [4.69, 9.17) is 10.2 Å². The number of carbonyl (C=O) groups is 2. The number of thiazole rings is 1. The average molecular weight is 497 g/mol. The Hall–Kier alpha value is -2.90. The molecule has 1 saturated carbocycles. The first-order valence-electron chi connectivity index (χ1n) is 12.0. The van der Waals surface area contributed by atoms with Gasteiger partial charge < -0.3 is 10.0 Å². The van der Waals surface area contributed by atoms with E-state index in [2.05, 4.69) is 35.2 Å². The van der Waals surface area contributed by atoms with Gasteiger partial charge in [0.2, 0.25) is 5.91 Å². The molecule has 2 aromatic heterocycles. The molecule has 2 amide bonds. The second kappa shape index (κ2) is 9.99. The summed E-state index contributed by atoms with van der Waals surface area (Å²) in [6.07, 6.45) is 6.51. The van der Waals surface area contributed by atoms with Crippen LogP contribution in [0.3, 0.4) is 0 Å². The van der Waals surface area contributed by atoms with Crippen molar-refractivity contribution in [2.45, 2.75) is 58.5 Å². The van der Waals surface area contributed by atoms with Crippen LogP contribution in [0.4, 0.5) is 5.13 Å². The van der Waals surface area contributed by atoms with E-state index in [1.54, 1.807) is 11.9 Å². The predicted octanol–water partition coefficient (Wildman–Crippen LogP) is 3.25. The number of nitrogens with zero attached hydrogens (tertiary/aromatic N) is 5. The number of aliphatic hydroxyl groups is 1. The summed E-state index contributed by atoms with van der Waals surface area (Å²) in [7, 11) is 1.72. The Labute approximate surface area is 209 Å².